The second-order valence-corrected chi connectivity index (χ2v) is 5.48. The number of nitrogens with one attached hydrogen (secondary N) is 2. The molecule has 1 saturated carbocycles. The van der Waals surface area contributed by atoms with Crippen LogP contribution in [0.2, 0.25) is 0 Å². The Hall–Kier alpha value is -0.960. The monoisotopic (exact) mass is 233 g/mol. The Balaban J connectivity index is 1.66. The van der Waals surface area contributed by atoms with E-state index < -0.39 is 0 Å². The minimum Gasteiger partial charge on any atom is -0.323 e. The van der Waals surface area contributed by atoms with Gasteiger partial charge in [-0.25, -0.2) is 0 Å². The highest BCUT2D eigenvalue weighted by Crippen LogP contribution is 2.31. The lowest BCUT2D eigenvalue weighted by Gasteiger charge is -2.36. The van der Waals surface area contributed by atoms with Gasteiger partial charge in [-0.2, -0.15) is 0 Å². The summed E-state index contributed by atoms with van der Waals surface area (Å²) >= 11 is 0. The second-order valence-electron chi connectivity index (χ2n) is 5.48. The zero-order valence-electron chi connectivity index (χ0n) is 10.4. The van der Waals surface area contributed by atoms with E-state index in [2.05, 4.69) is 39.9 Å². The first-order valence-corrected chi connectivity index (χ1v) is 7.06. The van der Waals surface area contributed by atoms with Gasteiger partial charge in [0.2, 0.25) is 0 Å². The van der Waals surface area contributed by atoms with Crippen LogP contribution in [-0.4, -0.2) is 23.3 Å². The molecule has 1 aromatic rings. The maximum atomic E-state index is 3.69. The molecule has 2 heterocycles. The van der Waals surface area contributed by atoms with Crippen molar-refractivity contribution in [2.45, 2.75) is 50.6 Å². The molecule has 3 heteroatoms. The fourth-order valence-electron chi connectivity index (χ4n) is 3.49. The molecular formula is C14H23N3. The Morgan fingerprint density at radius 2 is 1.82 bits per heavy atom. The first-order valence-electron chi connectivity index (χ1n) is 7.06. The zero-order valence-corrected chi connectivity index (χ0v) is 10.4. The molecule has 3 unspecified atom stereocenters. The third-order valence-electron chi connectivity index (χ3n) is 4.35. The van der Waals surface area contributed by atoms with Gasteiger partial charge in [0.1, 0.15) is 0 Å². The highest BCUT2D eigenvalue weighted by Gasteiger charge is 2.33. The molecule has 1 aromatic heterocycles. The lowest BCUT2D eigenvalue weighted by Crippen LogP contribution is -2.45. The summed E-state index contributed by atoms with van der Waals surface area (Å²) in [5.41, 5.74) is 3.66. The number of hydrogen-bond donors (Lipinski definition) is 2. The van der Waals surface area contributed by atoms with Crippen LogP contribution in [0.5, 0.6) is 0 Å². The molecule has 3 atom stereocenters. The third kappa shape index (κ3) is 2.49. The summed E-state index contributed by atoms with van der Waals surface area (Å²) in [5, 5.41) is 3.69. The summed E-state index contributed by atoms with van der Waals surface area (Å²) in [4.78, 5) is 0. The molecular weight excluding hydrogens is 210 g/mol. The van der Waals surface area contributed by atoms with Crippen LogP contribution in [0.25, 0.3) is 0 Å². The lowest BCUT2D eigenvalue weighted by atomic mass is 9.79. The van der Waals surface area contributed by atoms with Crippen molar-refractivity contribution in [1.29, 1.82) is 0 Å². The van der Waals surface area contributed by atoms with Crippen molar-refractivity contribution < 1.29 is 0 Å². The van der Waals surface area contributed by atoms with E-state index in [1.165, 1.54) is 45.1 Å². The molecule has 2 N–H and O–H groups in total. The minimum atomic E-state index is 0.645. The third-order valence-corrected chi connectivity index (χ3v) is 4.35. The molecule has 3 rings (SSSR count). The maximum Gasteiger partial charge on any atom is 0.0467 e. The normalized spacial score (nSPS) is 33.8. The fraction of sp³-hybridized carbons (Fsp3) is 0.714. The summed E-state index contributed by atoms with van der Waals surface area (Å²) in [7, 11) is 0. The summed E-state index contributed by atoms with van der Waals surface area (Å²) in [5.74, 6) is 0.814. The van der Waals surface area contributed by atoms with Gasteiger partial charge in [0, 0.05) is 24.5 Å². The summed E-state index contributed by atoms with van der Waals surface area (Å²) in [6.07, 6.45) is 12.4. The van der Waals surface area contributed by atoms with Crippen LogP contribution in [0, 0.1) is 5.92 Å². The summed E-state index contributed by atoms with van der Waals surface area (Å²) in [6, 6.07) is 5.56. The van der Waals surface area contributed by atoms with Gasteiger partial charge >= 0.3 is 0 Å². The van der Waals surface area contributed by atoms with Gasteiger partial charge in [-0.1, -0.05) is 12.8 Å². The van der Waals surface area contributed by atoms with Gasteiger partial charge in [-0.05, 0) is 50.3 Å². The van der Waals surface area contributed by atoms with Gasteiger partial charge in [0.15, 0.2) is 0 Å². The van der Waals surface area contributed by atoms with Crippen LogP contribution in [0.3, 0.4) is 0 Å². The van der Waals surface area contributed by atoms with Crippen molar-refractivity contribution in [3.8, 4) is 0 Å². The van der Waals surface area contributed by atoms with Crippen LogP contribution in [0.15, 0.2) is 24.5 Å². The molecule has 1 saturated heterocycles. The first kappa shape index (κ1) is 11.1. The van der Waals surface area contributed by atoms with E-state index >= 15 is 0 Å². The average molecular weight is 233 g/mol. The number of hydrogen-bond acceptors (Lipinski definition) is 2. The Labute approximate surface area is 104 Å². The average Bonchev–Trinajstić information content (AvgIpc) is 3.01. The summed E-state index contributed by atoms with van der Waals surface area (Å²) < 4.78 is 2.12. The van der Waals surface area contributed by atoms with E-state index in [9.17, 15) is 0 Å². The fourth-order valence-corrected chi connectivity index (χ4v) is 3.49. The highest BCUT2D eigenvalue weighted by molar-refractivity contribution is 5.00. The molecule has 1 aliphatic heterocycles. The quantitative estimate of drug-likeness (QED) is 0.839. The number of rotatable bonds is 3. The molecule has 3 nitrogen and oxygen atoms in total. The van der Waals surface area contributed by atoms with Crippen LogP contribution < -0.4 is 10.7 Å². The van der Waals surface area contributed by atoms with Crippen LogP contribution in [-0.2, 0) is 0 Å². The molecule has 17 heavy (non-hydrogen) atoms. The molecule has 0 bridgehead atoms. The van der Waals surface area contributed by atoms with Crippen molar-refractivity contribution in [1.82, 2.24) is 9.99 Å². The van der Waals surface area contributed by atoms with Gasteiger partial charge < -0.3 is 10.7 Å². The lowest BCUT2D eigenvalue weighted by molar-refractivity contribution is 0.252. The van der Waals surface area contributed by atoms with E-state index in [4.69, 9.17) is 0 Å². The molecule has 1 aliphatic carbocycles. The van der Waals surface area contributed by atoms with Crippen molar-refractivity contribution in [3.63, 3.8) is 0 Å². The SMILES string of the molecule is c1ccn(NC2CCCCC2C2CCCN2)c1. The topological polar surface area (TPSA) is 29.0 Å². The maximum absolute atomic E-state index is 3.69. The number of aromatic nitrogens is 1. The Kier molecular flexibility index (Phi) is 3.36. The largest absolute Gasteiger partial charge is 0.323 e. The van der Waals surface area contributed by atoms with Gasteiger partial charge in [0.25, 0.3) is 0 Å². The van der Waals surface area contributed by atoms with Crippen molar-refractivity contribution in [2.75, 3.05) is 12.0 Å². The summed E-state index contributed by atoms with van der Waals surface area (Å²) in [6.45, 7) is 1.22. The molecule has 0 amide bonds. The zero-order chi connectivity index (χ0) is 11.5. The first-order chi connectivity index (χ1) is 8.43. The van der Waals surface area contributed by atoms with Gasteiger partial charge in [0.05, 0.1) is 0 Å². The molecule has 2 fully saturated rings. The van der Waals surface area contributed by atoms with Gasteiger partial charge in [-0.15, -0.1) is 0 Å². The molecule has 2 aliphatic rings. The highest BCUT2D eigenvalue weighted by atomic mass is 15.4. The van der Waals surface area contributed by atoms with Crippen LogP contribution in [0.1, 0.15) is 38.5 Å². The van der Waals surface area contributed by atoms with Crippen molar-refractivity contribution in [2.24, 2.45) is 5.92 Å². The van der Waals surface area contributed by atoms with Gasteiger partial charge in [-0.3, -0.25) is 4.68 Å². The Morgan fingerprint density at radius 1 is 1.00 bits per heavy atom. The van der Waals surface area contributed by atoms with E-state index in [1.54, 1.807) is 0 Å². The Morgan fingerprint density at radius 3 is 2.59 bits per heavy atom. The van der Waals surface area contributed by atoms with E-state index in [-0.39, 0.29) is 0 Å². The molecule has 0 aromatic carbocycles. The van der Waals surface area contributed by atoms with Crippen LogP contribution in [0.4, 0.5) is 0 Å². The van der Waals surface area contributed by atoms with Crippen molar-refractivity contribution >= 4 is 0 Å². The van der Waals surface area contributed by atoms with E-state index in [1.807, 2.05) is 0 Å². The standard InChI is InChI=1S/C14H23N3/c1-2-7-14(16-17-10-3-4-11-17)12(6-1)13-8-5-9-15-13/h3-4,10-16H,1-2,5-9H2. The predicted octanol–water partition coefficient (Wildman–Crippen LogP) is 2.34. The van der Waals surface area contributed by atoms with E-state index in [0.717, 1.165) is 12.0 Å². The smallest absolute Gasteiger partial charge is 0.0467 e. The minimum absolute atomic E-state index is 0.645. The second kappa shape index (κ2) is 5.13. The van der Waals surface area contributed by atoms with Crippen molar-refractivity contribution in [3.05, 3.63) is 24.5 Å². The van der Waals surface area contributed by atoms with E-state index in [0.29, 0.717) is 6.04 Å². The molecule has 0 spiro atoms. The number of nitrogens with zero attached hydrogens (tertiary/aromatic N) is 1. The molecule has 0 radical (unpaired) electrons. The molecule has 94 valence electrons. The Bertz CT molecular complexity index is 327. The van der Waals surface area contributed by atoms with Crippen LogP contribution >= 0.6 is 0 Å². The predicted molar refractivity (Wildman–Crippen MR) is 70.6 cm³/mol.